The van der Waals surface area contributed by atoms with Crippen LogP contribution in [0.3, 0.4) is 0 Å². The topological polar surface area (TPSA) is 18.5 Å². The highest BCUT2D eigenvalue weighted by Crippen LogP contribution is 2.40. The third kappa shape index (κ3) is 1.70. The number of hydrogen-bond acceptors (Lipinski definition) is 2. The van der Waals surface area contributed by atoms with Gasteiger partial charge < -0.3 is 9.05 Å². The lowest BCUT2D eigenvalue weighted by atomic mass is 10.5. The highest BCUT2D eigenvalue weighted by atomic mass is 31.2. The molecule has 1 saturated heterocycles. The van der Waals surface area contributed by atoms with Crippen molar-refractivity contribution in [3.05, 3.63) is 0 Å². The van der Waals surface area contributed by atoms with Gasteiger partial charge in [0, 0.05) is 6.16 Å². The first-order chi connectivity index (χ1) is 3.93. The average molecular weight is 134 g/mol. The number of hydrogen-bond donors (Lipinski definition) is 0. The van der Waals surface area contributed by atoms with Gasteiger partial charge in [-0.05, 0) is 6.42 Å². The Morgan fingerprint density at radius 3 is 2.38 bits per heavy atom. The molecule has 0 amide bonds. The van der Waals surface area contributed by atoms with E-state index in [9.17, 15) is 0 Å². The van der Waals surface area contributed by atoms with Crippen molar-refractivity contribution < 1.29 is 9.05 Å². The van der Waals surface area contributed by atoms with Crippen LogP contribution in [0.5, 0.6) is 0 Å². The minimum absolute atomic E-state index is 0.470. The lowest BCUT2D eigenvalue weighted by Gasteiger charge is -2.20. The minimum atomic E-state index is -0.470. The first-order valence-electron chi connectivity index (χ1n) is 2.97. The molecule has 0 aliphatic carbocycles. The standard InChI is InChI=1S/C5H11O2P/c1-2-8-6-4-3-5-7-8/h2-5H2,1H3. The fourth-order valence-electron chi connectivity index (χ4n) is 0.612. The van der Waals surface area contributed by atoms with Crippen LogP contribution in [0.25, 0.3) is 0 Å². The van der Waals surface area contributed by atoms with Gasteiger partial charge in [-0.2, -0.15) is 0 Å². The highest BCUT2D eigenvalue weighted by Gasteiger charge is 2.10. The predicted molar refractivity (Wildman–Crippen MR) is 34.0 cm³/mol. The van der Waals surface area contributed by atoms with Crippen LogP contribution in [0.2, 0.25) is 0 Å². The molecule has 1 aliphatic rings. The van der Waals surface area contributed by atoms with Crippen molar-refractivity contribution >= 4 is 8.38 Å². The van der Waals surface area contributed by atoms with E-state index in [-0.39, 0.29) is 0 Å². The summed E-state index contributed by atoms with van der Waals surface area (Å²) < 4.78 is 10.5. The maximum Gasteiger partial charge on any atom is 0.170 e. The van der Waals surface area contributed by atoms with E-state index in [0.717, 1.165) is 25.8 Å². The lowest BCUT2D eigenvalue weighted by molar-refractivity contribution is 0.182. The van der Waals surface area contributed by atoms with Gasteiger partial charge in [-0.15, -0.1) is 0 Å². The van der Waals surface area contributed by atoms with E-state index in [1.807, 2.05) is 0 Å². The molecule has 0 N–H and O–H groups in total. The summed E-state index contributed by atoms with van der Waals surface area (Å²) in [6.45, 7) is 3.90. The zero-order valence-electron chi connectivity index (χ0n) is 5.09. The van der Waals surface area contributed by atoms with Crippen LogP contribution in [0.4, 0.5) is 0 Å². The third-order valence-electron chi connectivity index (χ3n) is 1.02. The molecule has 2 nitrogen and oxygen atoms in total. The lowest BCUT2D eigenvalue weighted by Crippen LogP contribution is -2.05. The van der Waals surface area contributed by atoms with Gasteiger partial charge in [0.2, 0.25) is 0 Å². The van der Waals surface area contributed by atoms with Crippen molar-refractivity contribution in [2.24, 2.45) is 0 Å². The molecular formula is C5H11O2P. The summed E-state index contributed by atoms with van der Waals surface area (Å²) in [6.07, 6.45) is 2.11. The van der Waals surface area contributed by atoms with Gasteiger partial charge in [0.15, 0.2) is 8.38 Å². The van der Waals surface area contributed by atoms with Crippen molar-refractivity contribution in [2.45, 2.75) is 13.3 Å². The summed E-state index contributed by atoms with van der Waals surface area (Å²) in [5, 5.41) is 0. The fourth-order valence-corrected chi connectivity index (χ4v) is 1.72. The second kappa shape index (κ2) is 3.39. The van der Waals surface area contributed by atoms with Crippen molar-refractivity contribution in [3.8, 4) is 0 Å². The first-order valence-corrected chi connectivity index (χ1v) is 4.33. The summed E-state index contributed by atoms with van der Waals surface area (Å²) in [4.78, 5) is 0. The van der Waals surface area contributed by atoms with E-state index >= 15 is 0 Å². The SMILES string of the molecule is CCP1OCCCO1. The smallest absolute Gasteiger partial charge is 0.170 e. The van der Waals surface area contributed by atoms with Gasteiger partial charge >= 0.3 is 0 Å². The van der Waals surface area contributed by atoms with E-state index in [4.69, 9.17) is 9.05 Å². The zero-order valence-corrected chi connectivity index (χ0v) is 5.99. The molecule has 0 aromatic rings. The van der Waals surface area contributed by atoms with E-state index in [1.165, 1.54) is 0 Å². The molecule has 0 spiro atoms. The van der Waals surface area contributed by atoms with Gasteiger partial charge in [0.1, 0.15) is 0 Å². The minimum Gasteiger partial charge on any atom is -0.334 e. The molecule has 8 heavy (non-hydrogen) atoms. The number of rotatable bonds is 1. The van der Waals surface area contributed by atoms with Crippen LogP contribution in [0.1, 0.15) is 13.3 Å². The molecule has 1 fully saturated rings. The Labute approximate surface area is 51.1 Å². The Morgan fingerprint density at radius 1 is 1.38 bits per heavy atom. The van der Waals surface area contributed by atoms with Crippen molar-refractivity contribution in [2.75, 3.05) is 19.4 Å². The van der Waals surface area contributed by atoms with Crippen LogP contribution >= 0.6 is 8.38 Å². The maximum absolute atomic E-state index is 5.27. The molecule has 0 aromatic carbocycles. The zero-order chi connectivity index (χ0) is 5.82. The Hall–Kier alpha value is 0.350. The molecule has 1 heterocycles. The second-order valence-electron chi connectivity index (χ2n) is 1.67. The Bertz CT molecular complexity index is 61.4. The summed E-state index contributed by atoms with van der Waals surface area (Å²) in [5.74, 6) is 0. The predicted octanol–water partition coefficient (Wildman–Crippen LogP) is 1.76. The molecule has 0 unspecified atom stereocenters. The van der Waals surface area contributed by atoms with E-state index in [1.54, 1.807) is 0 Å². The summed E-state index contributed by atoms with van der Waals surface area (Å²) in [7, 11) is -0.470. The van der Waals surface area contributed by atoms with E-state index < -0.39 is 8.38 Å². The van der Waals surface area contributed by atoms with Gasteiger partial charge in [-0.25, -0.2) is 0 Å². The average Bonchev–Trinajstić information content (AvgIpc) is 1.90. The van der Waals surface area contributed by atoms with Gasteiger partial charge in [0.25, 0.3) is 0 Å². The van der Waals surface area contributed by atoms with Crippen LogP contribution in [0, 0.1) is 0 Å². The maximum atomic E-state index is 5.27. The van der Waals surface area contributed by atoms with Crippen LogP contribution in [-0.4, -0.2) is 19.4 Å². The van der Waals surface area contributed by atoms with Gasteiger partial charge in [0.05, 0.1) is 13.2 Å². The van der Waals surface area contributed by atoms with Crippen molar-refractivity contribution in [1.29, 1.82) is 0 Å². The second-order valence-corrected chi connectivity index (χ2v) is 3.48. The van der Waals surface area contributed by atoms with Crippen molar-refractivity contribution in [3.63, 3.8) is 0 Å². The van der Waals surface area contributed by atoms with Crippen LogP contribution in [0.15, 0.2) is 0 Å². The molecule has 1 rings (SSSR count). The summed E-state index contributed by atoms with van der Waals surface area (Å²) in [5.41, 5.74) is 0. The Balaban J connectivity index is 2.13. The van der Waals surface area contributed by atoms with Crippen LogP contribution < -0.4 is 0 Å². The Kier molecular flexibility index (Phi) is 2.74. The molecule has 0 aromatic heterocycles. The first kappa shape index (κ1) is 6.47. The van der Waals surface area contributed by atoms with Crippen molar-refractivity contribution in [1.82, 2.24) is 0 Å². The van der Waals surface area contributed by atoms with Crippen LogP contribution in [-0.2, 0) is 9.05 Å². The fraction of sp³-hybridized carbons (Fsp3) is 1.00. The molecule has 3 heteroatoms. The largest absolute Gasteiger partial charge is 0.334 e. The monoisotopic (exact) mass is 134 g/mol. The normalized spacial score (nSPS) is 23.6. The highest BCUT2D eigenvalue weighted by molar-refractivity contribution is 7.47. The van der Waals surface area contributed by atoms with Gasteiger partial charge in [-0.1, -0.05) is 6.92 Å². The quantitative estimate of drug-likeness (QED) is 0.508. The van der Waals surface area contributed by atoms with E-state index in [2.05, 4.69) is 6.92 Å². The molecule has 0 atom stereocenters. The Morgan fingerprint density at radius 2 is 2.00 bits per heavy atom. The summed E-state index contributed by atoms with van der Waals surface area (Å²) >= 11 is 0. The molecule has 48 valence electrons. The van der Waals surface area contributed by atoms with E-state index in [0.29, 0.717) is 0 Å². The molecule has 0 saturated carbocycles. The summed E-state index contributed by atoms with van der Waals surface area (Å²) in [6, 6.07) is 0. The molecule has 0 bridgehead atoms. The molecular weight excluding hydrogens is 123 g/mol. The molecule has 1 aliphatic heterocycles. The molecule has 0 radical (unpaired) electrons. The third-order valence-corrected chi connectivity index (χ3v) is 2.47. The van der Waals surface area contributed by atoms with Gasteiger partial charge in [-0.3, -0.25) is 0 Å².